The molecule has 2 N–H and O–H groups in total. The average Bonchev–Trinajstić information content (AvgIpc) is 3.60. The third kappa shape index (κ3) is 4.43. The molecule has 1 amide bonds. The summed E-state index contributed by atoms with van der Waals surface area (Å²) in [7, 11) is 0. The maximum atomic E-state index is 13.1. The number of hydrogen-bond donors (Lipinski definition) is 2. The van der Waals surface area contributed by atoms with Crippen LogP contribution in [0.25, 0.3) is 0 Å². The fourth-order valence-corrected chi connectivity index (χ4v) is 4.96. The minimum Gasteiger partial charge on any atom is -0.390 e. The van der Waals surface area contributed by atoms with E-state index in [0.717, 1.165) is 56.6 Å². The van der Waals surface area contributed by atoms with Gasteiger partial charge in [0.25, 0.3) is 0 Å². The second-order valence-corrected chi connectivity index (χ2v) is 9.91. The van der Waals surface area contributed by atoms with Gasteiger partial charge in [-0.1, -0.05) is 6.07 Å². The molecule has 0 aromatic carbocycles. The van der Waals surface area contributed by atoms with E-state index >= 15 is 0 Å². The van der Waals surface area contributed by atoms with Crippen molar-refractivity contribution in [2.45, 2.75) is 51.2 Å². The second-order valence-electron chi connectivity index (χ2n) is 9.91. The Bertz CT molecular complexity index is 1070. The molecule has 0 unspecified atom stereocenters. The van der Waals surface area contributed by atoms with E-state index < -0.39 is 11.0 Å². The van der Waals surface area contributed by atoms with Crippen molar-refractivity contribution in [1.29, 1.82) is 5.26 Å². The molecule has 1 aliphatic carbocycles. The average molecular weight is 447 g/mol. The van der Waals surface area contributed by atoms with Gasteiger partial charge >= 0.3 is 0 Å². The van der Waals surface area contributed by atoms with Crippen LogP contribution in [0.5, 0.6) is 0 Å². The first-order chi connectivity index (χ1) is 15.9. The molecule has 2 aromatic rings. The first-order valence-electron chi connectivity index (χ1n) is 11.7. The lowest BCUT2D eigenvalue weighted by atomic mass is 9.83. The van der Waals surface area contributed by atoms with E-state index in [0.29, 0.717) is 24.6 Å². The Labute approximate surface area is 194 Å². The Kier molecular flexibility index (Phi) is 5.55. The van der Waals surface area contributed by atoms with E-state index in [-0.39, 0.29) is 11.8 Å². The molecule has 8 nitrogen and oxygen atoms in total. The van der Waals surface area contributed by atoms with E-state index in [4.69, 9.17) is 0 Å². The van der Waals surface area contributed by atoms with Crippen molar-refractivity contribution in [3.63, 3.8) is 0 Å². The molecule has 2 aliphatic heterocycles. The molecule has 1 atom stereocenters. The molecule has 2 saturated heterocycles. The fourth-order valence-electron chi connectivity index (χ4n) is 4.96. The molecule has 4 heterocycles. The maximum absolute atomic E-state index is 13.1. The summed E-state index contributed by atoms with van der Waals surface area (Å²) in [6.45, 7) is 5.04. The summed E-state index contributed by atoms with van der Waals surface area (Å²) in [5.41, 5.74) is 0.489. The normalized spacial score (nSPS) is 25.1. The van der Waals surface area contributed by atoms with Crippen LogP contribution in [0.15, 0.2) is 36.7 Å². The van der Waals surface area contributed by atoms with Gasteiger partial charge in [-0.05, 0) is 62.6 Å². The highest BCUT2D eigenvalue weighted by atomic mass is 16.3. The number of hydrogen-bond acceptors (Lipinski definition) is 7. The molecule has 2 aromatic heterocycles. The van der Waals surface area contributed by atoms with Gasteiger partial charge in [-0.25, -0.2) is 9.97 Å². The number of pyridine rings is 2. The zero-order valence-electron chi connectivity index (χ0n) is 19.0. The van der Waals surface area contributed by atoms with Gasteiger partial charge in [0.2, 0.25) is 5.91 Å². The molecule has 172 valence electrons. The first-order valence-corrected chi connectivity index (χ1v) is 11.7. The van der Waals surface area contributed by atoms with Crippen LogP contribution in [0.4, 0.5) is 17.3 Å². The molecule has 33 heavy (non-hydrogen) atoms. The van der Waals surface area contributed by atoms with Crippen molar-refractivity contribution in [1.82, 2.24) is 14.9 Å². The van der Waals surface area contributed by atoms with E-state index in [1.165, 1.54) is 0 Å². The van der Waals surface area contributed by atoms with Crippen LogP contribution < -0.4 is 10.2 Å². The lowest BCUT2D eigenvalue weighted by Crippen LogP contribution is -2.41. The van der Waals surface area contributed by atoms with Crippen molar-refractivity contribution in [3.8, 4) is 6.07 Å². The number of nitriles is 1. The standard InChI is InChI=1S/C25H30N6O2/c1-24(33)7-11-30(12-8-24)16-18-2-5-21(28-15-18)29-22-14-20(6-10-27-22)31-13-9-25(17-26,23(31)32)19-3-4-19/h2,5-6,10,14-15,19,33H,3-4,7-9,11-13,16H2,1H3,(H,27,28,29)/t25-/m1/s1. The zero-order valence-corrected chi connectivity index (χ0v) is 19.0. The van der Waals surface area contributed by atoms with Gasteiger partial charge in [-0.2, -0.15) is 5.26 Å². The Morgan fingerprint density at radius 1 is 1.15 bits per heavy atom. The molecular formula is C25H30N6O2. The number of amides is 1. The van der Waals surface area contributed by atoms with Crippen LogP contribution in [-0.2, 0) is 11.3 Å². The van der Waals surface area contributed by atoms with Crippen LogP contribution in [0.3, 0.4) is 0 Å². The van der Waals surface area contributed by atoms with Gasteiger partial charge in [0.15, 0.2) is 0 Å². The monoisotopic (exact) mass is 446 g/mol. The molecule has 5 rings (SSSR count). The SMILES string of the molecule is CC1(O)CCN(Cc2ccc(Nc3cc(N4CC[C@@](C#N)(C5CC5)C4=O)ccn3)nc2)CC1. The Morgan fingerprint density at radius 2 is 1.94 bits per heavy atom. The molecule has 3 fully saturated rings. The van der Waals surface area contributed by atoms with Gasteiger partial charge in [0, 0.05) is 50.3 Å². The summed E-state index contributed by atoms with van der Waals surface area (Å²) in [4.78, 5) is 26.0. The lowest BCUT2D eigenvalue weighted by Gasteiger charge is -2.35. The number of nitrogens with zero attached hydrogens (tertiary/aromatic N) is 5. The minimum absolute atomic E-state index is 0.0775. The molecule has 1 saturated carbocycles. The van der Waals surface area contributed by atoms with Crippen molar-refractivity contribution in [2.75, 3.05) is 29.9 Å². The van der Waals surface area contributed by atoms with Crippen LogP contribution in [0.1, 0.15) is 44.6 Å². The number of piperidine rings is 1. The van der Waals surface area contributed by atoms with Crippen molar-refractivity contribution in [2.24, 2.45) is 11.3 Å². The number of nitrogens with one attached hydrogen (secondary N) is 1. The summed E-state index contributed by atoms with van der Waals surface area (Å²) in [5.74, 6) is 1.42. The number of carbonyl (C=O) groups is 1. The number of likely N-dealkylation sites (tertiary alicyclic amines) is 1. The van der Waals surface area contributed by atoms with Crippen LogP contribution in [-0.4, -0.2) is 51.1 Å². The number of aromatic nitrogens is 2. The first kappa shape index (κ1) is 21.8. The molecule has 0 radical (unpaired) electrons. The van der Waals surface area contributed by atoms with Gasteiger partial charge < -0.3 is 15.3 Å². The molecule has 0 spiro atoms. The summed E-state index contributed by atoms with van der Waals surface area (Å²) >= 11 is 0. The Hall–Kier alpha value is -3.02. The molecule has 3 aliphatic rings. The van der Waals surface area contributed by atoms with E-state index in [1.54, 1.807) is 11.1 Å². The lowest BCUT2D eigenvalue weighted by molar-refractivity contribution is -0.123. The van der Waals surface area contributed by atoms with Gasteiger partial charge in [0.1, 0.15) is 17.1 Å². The number of carbonyl (C=O) groups excluding carboxylic acids is 1. The maximum Gasteiger partial charge on any atom is 0.247 e. The van der Waals surface area contributed by atoms with Crippen molar-refractivity contribution >= 4 is 23.2 Å². The second kappa shape index (κ2) is 8.40. The number of rotatable bonds is 6. The van der Waals surface area contributed by atoms with E-state index in [1.807, 2.05) is 37.4 Å². The smallest absolute Gasteiger partial charge is 0.247 e. The summed E-state index contributed by atoms with van der Waals surface area (Å²) in [6.07, 6.45) is 7.64. The molecular weight excluding hydrogens is 416 g/mol. The summed E-state index contributed by atoms with van der Waals surface area (Å²) in [6, 6.07) is 9.97. The third-order valence-electron chi connectivity index (χ3n) is 7.31. The Morgan fingerprint density at radius 3 is 2.61 bits per heavy atom. The largest absolute Gasteiger partial charge is 0.390 e. The number of anilines is 3. The van der Waals surface area contributed by atoms with Crippen molar-refractivity contribution < 1.29 is 9.90 Å². The predicted molar refractivity (Wildman–Crippen MR) is 125 cm³/mol. The topological polar surface area (TPSA) is 105 Å². The van der Waals surface area contributed by atoms with E-state index in [2.05, 4.69) is 26.3 Å². The summed E-state index contributed by atoms with van der Waals surface area (Å²) in [5, 5.41) is 23.1. The highest BCUT2D eigenvalue weighted by molar-refractivity contribution is 6.02. The van der Waals surface area contributed by atoms with Gasteiger partial charge in [-0.3, -0.25) is 9.69 Å². The van der Waals surface area contributed by atoms with Crippen LogP contribution >= 0.6 is 0 Å². The van der Waals surface area contributed by atoms with E-state index in [9.17, 15) is 15.2 Å². The fraction of sp³-hybridized carbons (Fsp3) is 0.520. The Balaban J connectivity index is 1.22. The quantitative estimate of drug-likeness (QED) is 0.702. The highest BCUT2D eigenvalue weighted by Crippen LogP contribution is 2.51. The zero-order chi connectivity index (χ0) is 23.1. The van der Waals surface area contributed by atoms with Crippen molar-refractivity contribution in [3.05, 3.63) is 42.2 Å². The third-order valence-corrected chi connectivity index (χ3v) is 7.31. The van der Waals surface area contributed by atoms with Crippen LogP contribution in [0.2, 0.25) is 0 Å². The summed E-state index contributed by atoms with van der Waals surface area (Å²) < 4.78 is 0. The van der Waals surface area contributed by atoms with Crippen LogP contribution in [0, 0.1) is 22.7 Å². The number of aliphatic hydroxyl groups is 1. The molecule has 8 heteroatoms. The highest BCUT2D eigenvalue weighted by Gasteiger charge is 2.56. The predicted octanol–water partition coefficient (Wildman–Crippen LogP) is 3.22. The minimum atomic E-state index is -0.849. The van der Waals surface area contributed by atoms with Gasteiger partial charge in [-0.15, -0.1) is 0 Å². The molecule has 0 bridgehead atoms. The van der Waals surface area contributed by atoms with Gasteiger partial charge in [0.05, 0.1) is 11.7 Å².